The fourth-order valence-corrected chi connectivity index (χ4v) is 1.95. The van der Waals surface area contributed by atoms with Gasteiger partial charge in [0.25, 0.3) is 0 Å². The number of phosphoric acid groups is 1. The van der Waals surface area contributed by atoms with Crippen LogP contribution in [0.15, 0.2) is 0 Å². The van der Waals surface area contributed by atoms with Crippen LogP contribution in [0.5, 0.6) is 0 Å². The van der Waals surface area contributed by atoms with Gasteiger partial charge in [0.1, 0.15) is 0 Å². The molecule has 0 aromatic rings. The summed E-state index contributed by atoms with van der Waals surface area (Å²) in [6.45, 7) is 5.08. The van der Waals surface area contributed by atoms with Gasteiger partial charge in [-0.2, -0.15) is 0 Å². The molecule has 0 saturated heterocycles. The molecule has 0 aromatic heterocycles. The Bertz CT molecular complexity index is 267. The Morgan fingerprint density at radius 1 is 1.25 bits per heavy atom. The molecule has 0 fully saturated rings. The highest BCUT2D eigenvalue weighted by atomic mass is 31.2. The zero-order valence-electron chi connectivity index (χ0n) is 9.80. The maximum Gasteiger partial charge on any atom is 0.472 e. The summed E-state index contributed by atoms with van der Waals surface area (Å²) in [5.41, 5.74) is 0. The zero-order chi connectivity index (χ0) is 12.8. The Balaban J connectivity index is 4.68. The first-order chi connectivity index (χ1) is 7.28. The SMILES string of the molecule is CCCC(=O)OC(CC)(CC)OP(=O)(O)O. The van der Waals surface area contributed by atoms with Gasteiger partial charge >= 0.3 is 13.8 Å². The average molecular weight is 254 g/mol. The molecule has 16 heavy (non-hydrogen) atoms. The van der Waals surface area contributed by atoms with Gasteiger partial charge in [-0.05, 0) is 6.42 Å². The number of ether oxygens (including phenoxy) is 1. The maximum atomic E-state index is 11.3. The van der Waals surface area contributed by atoms with Crippen molar-refractivity contribution in [2.45, 2.75) is 52.2 Å². The number of hydrogen-bond donors (Lipinski definition) is 2. The van der Waals surface area contributed by atoms with Crippen LogP contribution < -0.4 is 0 Å². The largest absolute Gasteiger partial charge is 0.472 e. The molecular weight excluding hydrogens is 235 g/mol. The number of hydrogen-bond acceptors (Lipinski definition) is 4. The smallest absolute Gasteiger partial charge is 0.432 e. The van der Waals surface area contributed by atoms with Crippen molar-refractivity contribution in [2.24, 2.45) is 0 Å². The average Bonchev–Trinajstić information content (AvgIpc) is 2.15. The lowest BCUT2D eigenvalue weighted by atomic mass is 10.1. The minimum Gasteiger partial charge on any atom is -0.432 e. The number of esters is 1. The minimum absolute atomic E-state index is 0.185. The fourth-order valence-electron chi connectivity index (χ4n) is 1.22. The van der Waals surface area contributed by atoms with Gasteiger partial charge in [0.2, 0.25) is 5.79 Å². The summed E-state index contributed by atoms with van der Waals surface area (Å²) in [5, 5.41) is 0. The van der Waals surface area contributed by atoms with Crippen molar-refractivity contribution in [3.05, 3.63) is 0 Å². The maximum absolute atomic E-state index is 11.3. The summed E-state index contributed by atoms with van der Waals surface area (Å²) in [5.74, 6) is -2.04. The van der Waals surface area contributed by atoms with E-state index in [-0.39, 0.29) is 19.3 Å². The van der Waals surface area contributed by atoms with Gasteiger partial charge in [-0.25, -0.2) is 9.09 Å². The van der Waals surface area contributed by atoms with Crippen molar-refractivity contribution in [1.29, 1.82) is 0 Å². The molecular formula is C9H19O6P. The van der Waals surface area contributed by atoms with E-state index >= 15 is 0 Å². The lowest BCUT2D eigenvalue weighted by Gasteiger charge is -2.31. The second-order valence-corrected chi connectivity index (χ2v) is 4.59. The van der Waals surface area contributed by atoms with Gasteiger partial charge in [0, 0.05) is 19.3 Å². The molecule has 0 aliphatic rings. The van der Waals surface area contributed by atoms with E-state index < -0.39 is 19.6 Å². The molecule has 0 saturated carbocycles. The third kappa shape index (κ3) is 5.61. The van der Waals surface area contributed by atoms with E-state index in [2.05, 4.69) is 4.52 Å². The summed E-state index contributed by atoms with van der Waals surface area (Å²) in [7, 11) is -4.67. The van der Waals surface area contributed by atoms with Crippen LogP contribution in [0.4, 0.5) is 0 Å². The molecule has 0 atom stereocenters. The van der Waals surface area contributed by atoms with Crippen molar-refractivity contribution in [3.8, 4) is 0 Å². The van der Waals surface area contributed by atoms with E-state index in [1.54, 1.807) is 13.8 Å². The van der Waals surface area contributed by atoms with Crippen LogP contribution in [0, 0.1) is 0 Å². The van der Waals surface area contributed by atoms with E-state index in [0.29, 0.717) is 6.42 Å². The topological polar surface area (TPSA) is 93.1 Å². The van der Waals surface area contributed by atoms with Crippen molar-refractivity contribution in [1.82, 2.24) is 0 Å². The second kappa shape index (κ2) is 6.35. The first kappa shape index (κ1) is 15.6. The molecule has 2 N–H and O–H groups in total. The van der Waals surface area contributed by atoms with Gasteiger partial charge < -0.3 is 14.5 Å². The van der Waals surface area contributed by atoms with Crippen molar-refractivity contribution in [3.63, 3.8) is 0 Å². The molecule has 6 nitrogen and oxygen atoms in total. The van der Waals surface area contributed by atoms with Crippen LogP contribution in [0.1, 0.15) is 46.5 Å². The summed E-state index contributed by atoms with van der Waals surface area (Å²) in [4.78, 5) is 28.8. The molecule has 0 unspecified atom stereocenters. The summed E-state index contributed by atoms with van der Waals surface area (Å²) < 4.78 is 20.3. The lowest BCUT2D eigenvalue weighted by Crippen LogP contribution is -2.36. The minimum atomic E-state index is -4.67. The summed E-state index contributed by atoms with van der Waals surface area (Å²) in [6, 6.07) is 0. The number of phosphoric ester groups is 1. The zero-order valence-corrected chi connectivity index (χ0v) is 10.7. The monoisotopic (exact) mass is 254 g/mol. The number of rotatable bonds is 7. The molecule has 96 valence electrons. The van der Waals surface area contributed by atoms with Gasteiger partial charge in [-0.1, -0.05) is 20.8 Å². The van der Waals surface area contributed by atoms with Crippen molar-refractivity contribution >= 4 is 13.8 Å². The van der Waals surface area contributed by atoms with Crippen LogP contribution in [0.25, 0.3) is 0 Å². The highest BCUT2D eigenvalue weighted by Gasteiger charge is 2.38. The Morgan fingerprint density at radius 3 is 2.06 bits per heavy atom. The van der Waals surface area contributed by atoms with E-state index in [1.165, 1.54) is 0 Å². The Labute approximate surface area is 95.2 Å². The molecule has 0 bridgehead atoms. The Morgan fingerprint density at radius 2 is 1.75 bits per heavy atom. The van der Waals surface area contributed by atoms with Crippen LogP contribution >= 0.6 is 7.82 Å². The van der Waals surface area contributed by atoms with Crippen molar-refractivity contribution in [2.75, 3.05) is 0 Å². The normalized spacial score (nSPS) is 12.6. The van der Waals surface area contributed by atoms with Crippen LogP contribution in [0.2, 0.25) is 0 Å². The Hall–Kier alpha value is -0.420. The molecule has 0 heterocycles. The van der Waals surface area contributed by atoms with E-state index in [4.69, 9.17) is 14.5 Å². The van der Waals surface area contributed by atoms with E-state index in [9.17, 15) is 9.36 Å². The Kier molecular flexibility index (Phi) is 6.18. The highest BCUT2D eigenvalue weighted by Crippen LogP contribution is 2.44. The van der Waals surface area contributed by atoms with E-state index in [0.717, 1.165) is 0 Å². The third-order valence-corrected chi connectivity index (χ3v) is 2.69. The first-order valence-electron chi connectivity index (χ1n) is 5.26. The van der Waals surface area contributed by atoms with Gasteiger partial charge in [-0.3, -0.25) is 4.79 Å². The van der Waals surface area contributed by atoms with Crippen LogP contribution in [-0.2, 0) is 18.6 Å². The molecule has 0 spiro atoms. The molecule has 0 rings (SSSR count). The van der Waals surface area contributed by atoms with Crippen molar-refractivity contribution < 1.29 is 28.4 Å². The molecule has 0 aliphatic carbocycles. The lowest BCUT2D eigenvalue weighted by molar-refractivity contribution is -0.205. The predicted molar refractivity (Wildman–Crippen MR) is 57.4 cm³/mol. The number of carbonyl (C=O) groups is 1. The summed E-state index contributed by atoms with van der Waals surface area (Å²) in [6.07, 6.45) is 1.18. The quantitative estimate of drug-likeness (QED) is 0.410. The number of carbonyl (C=O) groups excluding carboxylic acids is 1. The van der Waals surface area contributed by atoms with E-state index in [1.807, 2.05) is 6.92 Å². The standard InChI is InChI=1S/C9H19O6P/c1-4-7-8(10)14-9(5-2,6-3)15-16(11,12)13/h4-7H2,1-3H3,(H2,11,12,13). The van der Waals surface area contributed by atoms with Crippen LogP contribution in [-0.4, -0.2) is 21.5 Å². The third-order valence-electron chi connectivity index (χ3n) is 2.12. The summed E-state index contributed by atoms with van der Waals surface area (Å²) >= 11 is 0. The molecule has 0 aliphatic heterocycles. The van der Waals surface area contributed by atoms with Gasteiger partial charge in [-0.15, -0.1) is 0 Å². The highest BCUT2D eigenvalue weighted by molar-refractivity contribution is 7.46. The van der Waals surface area contributed by atoms with Gasteiger partial charge in [0.15, 0.2) is 0 Å². The molecule has 0 amide bonds. The van der Waals surface area contributed by atoms with Crippen LogP contribution in [0.3, 0.4) is 0 Å². The predicted octanol–water partition coefficient (Wildman–Crippen LogP) is 1.96. The fraction of sp³-hybridized carbons (Fsp3) is 0.889. The van der Waals surface area contributed by atoms with Gasteiger partial charge in [0.05, 0.1) is 0 Å². The molecule has 0 aromatic carbocycles. The first-order valence-corrected chi connectivity index (χ1v) is 6.79. The second-order valence-electron chi connectivity index (χ2n) is 3.42. The molecule has 7 heteroatoms. The molecule has 0 radical (unpaired) electrons.